The van der Waals surface area contributed by atoms with Gasteiger partial charge in [0, 0.05) is 25.2 Å². The van der Waals surface area contributed by atoms with Crippen LogP contribution in [0, 0.1) is 17.3 Å². The molecule has 1 aliphatic heterocycles. The van der Waals surface area contributed by atoms with Crippen LogP contribution in [0.5, 0.6) is 0 Å². The van der Waals surface area contributed by atoms with Gasteiger partial charge in [-0.3, -0.25) is 4.90 Å². The fourth-order valence-electron chi connectivity index (χ4n) is 4.23. The van der Waals surface area contributed by atoms with E-state index in [-0.39, 0.29) is 0 Å². The van der Waals surface area contributed by atoms with Crippen LogP contribution < -0.4 is 5.32 Å². The van der Waals surface area contributed by atoms with Gasteiger partial charge in [-0.1, -0.05) is 20.8 Å². The molecule has 1 N–H and O–H groups in total. The molecule has 124 valence electrons. The van der Waals surface area contributed by atoms with Crippen LogP contribution in [0.1, 0.15) is 73.1 Å². The lowest BCUT2D eigenvalue weighted by molar-refractivity contribution is 0.108. The first-order valence-electron chi connectivity index (χ1n) is 9.33. The molecule has 0 aromatic heterocycles. The van der Waals surface area contributed by atoms with Gasteiger partial charge in [0.05, 0.1) is 0 Å². The standard InChI is InChI=1S/C19H38N2/c1-15(2)21(14-18-7-6-12-20-18)13-16-8-10-17(11-9-16)19(3,4)5/h15-18,20H,6-14H2,1-5H3. The number of nitrogens with zero attached hydrogens (tertiary/aromatic N) is 1. The first-order valence-corrected chi connectivity index (χ1v) is 9.33. The van der Waals surface area contributed by atoms with Gasteiger partial charge < -0.3 is 5.32 Å². The monoisotopic (exact) mass is 294 g/mol. The van der Waals surface area contributed by atoms with E-state index < -0.39 is 0 Å². The smallest absolute Gasteiger partial charge is 0.0195 e. The molecule has 1 aliphatic carbocycles. The summed E-state index contributed by atoms with van der Waals surface area (Å²) >= 11 is 0. The summed E-state index contributed by atoms with van der Waals surface area (Å²) in [6.07, 6.45) is 8.53. The average Bonchev–Trinajstić information content (AvgIpc) is 2.90. The van der Waals surface area contributed by atoms with Crippen molar-refractivity contribution in [1.82, 2.24) is 10.2 Å². The van der Waals surface area contributed by atoms with E-state index in [2.05, 4.69) is 44.8 Å². The van der Waals surface area contributed by atoms with Crippen LogP contribution in [-0.4, -0.2) is 36.6 Å². The van der Waals surface area contributed by atoms with Crippen LogP contribution >= 0.6 is 0 Å². The normalized spacial score (nSPS) is 31.3. The Balaban J connectivity index is 1.79. The fraction of sp³-hybridized carbons (Fsp3) is 1.00. The number of hydrogen-bond donors (Lipinski definition) is 1. The molecule has 1 atom stereocenters. The number of nitrogens with one attached hydrogen (secondary N) is 1. The molecule has 0 spiro atoms. The predicted octanol–water partition coefficient (Wildman–Crippen LogP) is 4.30. The Labute approximate surface area is 133 Å². The Morgan fingerprint density at radius 3 is 2.14 bits per heavy atom. The SMILES string of the molecule is CC(C)N(CC1CCC(C(C)(C)C)CC1)CC1CCCN1. The second-order valence-corrected chi connectivity index (χ2v) is 8.92. The van der Waals surface area contributed by atoms with Gasteiger partial charge in [-0.15, -0.1) is 0 Å². The van der Waals surface area contributed by atoms with Crippen LogP contribution in [0.25, 0.3) is 0 Å². The quantitative estimate of drug-likeness (QED) is 0.813. The van der Waals surface area contributed by atoms with Gasteiger partial charge in [-0.05, 0) is 76.2 Å². The molecule has 1 heterocycles. The third-order valence-electron chi connectivity index (χ3n) is 5.91. The first kappa shape index (κ1) is 17.3. The molecule has 0 bridgehead atoms. The van der Waals surface area contributed by atoms with Gasteiger partial charge >= 0.3 is 0 Å². The van der Waals surface area contributed by atoms with Gasteiger partial charge in [-0.2, -0.15) is 0 Å². The number of hydrogen-bond acceptors (Lipinski definition) is 2. The van der Waals surface area contributed by atoms with Crippen molar-refractivity contribution in [3.05, 3.63) is 0 Å². The zero-order chi connectivity index (χ0) is 15.5. The molecule has 0 aromatic rings. The van der Waals surface area contributed by atoms with E-state index >= 15 is 0 Å². The molecule has 2 aliphatic rings. The summed E-state index contributed by atoms with van der Waals surface area (Å²) in [6, 6.07) is 1.44. The molecule has 2 fully saturated rings. The molecule has 1 saturated heterocycles. The van der Waals surface area contributed by atoms with Crippen molar-refractivity contribution in [2.75, 3.05) is 19.6 Å². The molecule has 21 heavy (non-hydrogen) atoms. The second kappa shape index (κ2) is 7.46. The fourth-order valence-corrected chi connectivity index (χ4v) is 4.23. The van der Waals surface area contributed by atoms with E-state index in [0.717, 1.165) is 17.9 Å². The second-order valence-electron chi connectivity index (χ2n) is 8.92. The lowest BCUT2D eigenvalue weighted by atomic mass is 9.70. The maximum atomic E-state index is 3.66. The van der Waals surface area contributed by atoms with Gasteiger partial charge in [0.2, 0.25) is 0 Å². The van der Waals surface area contributed by atoms with Crippen molar-refractivity contribution < 1.29 is 0 Å². The van der Waals surface area contributed by atoms with Gasteiger partial charge in [0.25, 0.3) is 0 Å². The molecule has 0 radical (unpaired) electrons. The Kier molecular flexibility index (Phi) is 6.14. The Hall–Kier alpha value is -0.0800. The van der Waals surface area contributed by atoms with E-state index in [1.54, 1.807) is 0 Å². The summed E-state index contributed by atoms with van der Waals surface area (Å²) in [5, 5.41) is 3.66. The largest absolute Gasteiger partial charge is 0.313 e. The highest BCUT2D eigenvalue weighted by atomic mass is 15.2. The summed E-state index contributed by atoms with van der Waals surface area (Å²) in [4.78, 5) is 2.74. The summed E-state index contributed by atoms with van der Waals surface area (Å²) in [7, 11) is 0. The molecule has 1 unspecified atom stereocenters. The van der Waals surface area contributed by atoms with Crippen LogP contribution in [-0.2, 0) is 0 Å². The third-order valence-corrected chi connectivity index (χ3v) is 5.91. The Morgan fingerprint density at radius 1 is 1.00 bits per heavy atom. The van der Waals surface area contributed by atoms with E-state index in [1.165, 1.54) is 58.2 Å². The van der Waals surface area contributed by atoms with Crippen LogP contribution in [0.2, 0.25) is 0 Å². The summed E-state index contributed by atoms with van der Waals surface area (Å²) in [5.74, 6) is 1.88. The molecular formula is C19H38N2. The molecule has 2 rings (SSSR count). The van der Waals surface area contributed by atoms with Crippen molar-refractivity contribution >= 4 is 0 Å². The Morgan fingerprint density at radius 2 is 1.67 bits per heavy atom. The molecule has 0 amide bonds. The highest BCUT2D eigenvalue weighted by Crippen LogP contribution is 2.40. The van der Waals surface area contributed by atoms with Crippen molar-refractivity contribution in [3.63, 3.8) is 0 Å². The van der Waals surface area contributed by atoms with Crippen molar-refractivity contribution in [2.45, 2.75) is 85.2 Å². The highest BCUT2D eigenvalue weighted by Gasteiger charge is 2.31. The average molecular weight is 295 g/mol. The van der Waals surface area contributed by atoms with Crippen molar-refractivity contribution in [1.29, 1.82) is 0 Å². The lowest BCUT2D eigenvalue weighted by Crippen LogP contribution is -2.44. The van der Waals surface area contributed by atoms with Crippen LogP contribution in [0.3, 0.4) is 0 Å². The zero-order valence-electron chi connectivity index (χ0n) is 15.1. The van der Waals surface area contributed by atoms with Crippen LogP contribution in [0.15, 0.2) is 0 Å². The minimum absolute atomic E-state index is 0.510. The first-order chi connectivity index (χ1) is 9.86. The molecule has 0 aromatic carbocycles. The molecule has 2 heteroatoms. The van der Waals surface area contributed by atoms with Gasteiger partial charge in [-0.25, -0.2) is 0 Å². The minimum Gasteiger partial charge on any atom is -0.313 e. The highest BCUT2D eigenvalue weighted by molar-refractivity contribution is 4.84. The molecule has 1 saturated carbocycles. The topological polar surface area (TPSA) is 15.3 Å². The summed E-state index contributed by atoms with van der Waals surface area (Å²) in [5.41, 5.74) is 0.510. The van der Waals surface area contributed by atoms with Crippen molar-refractivity contribution in [2.24, 2.45) is 17.3 Å². The Bertz CT molecular complexity index is 291. The van der Waals surface area contributed by atoms with Gasteiger partial charge in [0.1, 0.15) is 0 Å². The van der Waals surface area contributed by atoms with E-state index in [1.807, 2.05) is 0 Å². The summed E-state index contributed by atoms with van der Waals surface area (Å²) < 4.78 is 0. The maximum Gasteiger partial charge on any atom is 0.0195 e. The van der Waals surface area contributed by atoms with E-state index in [0.29, 0.717) is 11.5 Å². The zero-order valence-corrected chi connectivity index (χ0v) is 15.1. The molecule has 2 nitrogen and oxygen atoms in total. The predicted molar refractivity (Wildman–Crippen MR) is 92.6 cm³/mol. The van der Waals surface area contributed by atoms with E-state index in [4.69, 9.17) is 0 Å². The van der Waals surface area contributed by atoms with Crippen LogP contribution in [0.4, 0.5) is 0 Å². The van der Waals surface area contributed by atoms with E-state index in [9.17, 15) is 0 Å². The molecular weight excluding hydrogens is 256 g/mol. The minimum atomic E-state index is 0.510. The number of rotatable bonds is 5. The maximum absolute atomic E-state index is 3.66. The lowest BCUT2D eigenvalue weighted by Gasteiger charge is -2.39. The third kappa shape index (κ3) is 5.25. The van der Waals surface area contributed by atoms with Crippen molar-refractivity contribution in [3.8, 4) is 0 Å². The summed E-state index contributed by atoms with van der Waals surface area (Å²) in [6.45, 7) is 15.8. The van der Waals surface area contributed by atoms with Gasteiger partial charge in [0.15, 0.2) is 0 Å².